The Labute approximate surface area is 186 Å². The summed E-state index contributed by atoms with van der Waals surface area (Å²) in [6.07, 6.45) is 5.21. The monoisotopic (exact) mass is 419 g/mol. The molecule has 1 N–H and O–H groups in total. The van der Waals surface area contributed by atoms with Crippen molar-refractivity contribution >= 4 is 11.5 Å². The zero-order valence-corrected chi connectivity index (χ0v) is 18.7. The quantitative estimate of drug-likeness (QED) is 0.583. The highest BCUT2D eigenvalue weighted by atomic mass is 16.7. The molecule has 2 aromatic carbocycles. The fraction of sp³-hybridized carbons (Fsp3) is 0.444. The van der Waals surface area contributed by atoms with Crippen LogP contribution in [0.15, 0.2) is 49.1 Å². The third-order valence-corrected chi connectivity index (χ3v) is 7.16. The molecule has 5 rings (SSSR count). The van der Waals surface area contributed by atoms with Gasteiger partial charge in [0.25, 0.3) is 0 Å². The molecule has 2 heterocycles. The van der Waals surface area contributed by atoms with Gasteiger partial charge in [-0.1, -0.05) is 45.0 Å². The van der Waals surface area contributed by atoms with Crippen molar-refractivity contribution in [1.82, 2.24) is 0 Å². The molecule has 3 aliphatic rings. The molecule has 2 aliphatic heterocycles. The summed E-state index contributed by atoms with van der Waals surface area (Å²) in [5.74, 6) is 2.19. The number of hydrogen-bond acceptors (Lipinski definition) is 4. The second-order valence-corrected chi connectivity index (χ2v) is 10.3. The lowest BCUT2D eigenvalue weighted by Gasteiger charge is -2.32. The average molecular weight is 420 g/mol. The van der Waals surface area contributed by atoms with Crippen LogP contribution in [0.3, 0.4) is 0 Å². The van der Waals surface area contributed by atoms with Crippen LogP contribution < -0.4 is 14.8 Å². The minimum absolute atomic E-state index is 0. The average Bonchev–Trinajstić information content (AvgIpc) is 3.27. The summed E-state index contributed by atoms with van der Waals surface area (Å²) >= 11 is 0. The number of ketones is 1. The molecule has 0 spiro atoms. The number of carbonyl (C=O) groups is 1. The third kappa shape index (κ3) is 3.42. The van der Waals surface area contributed by atoms with Crippen LogP contribution in [0.5, 0.6) is 11.5 Å². The van der Waals surface area contributed by atoms with E-state index in [1.165, 1.54) is 11.3 Å². The molecule has 1 aliphatic carbocycles. The van der Waals surface area contributed by atoms with Crippen LogP contribution in [-0.2, 0) is 16.6 Å². The number of nitrogens with one attached hydrogen (secondary N) is 1. The number of ether oxygens (including phenoxy) is 2. The first-order chi connectivity index (χ1) is 14.8. The van der Waals surface area contributed by atoms with E-state index < -0.39 is 0 Å². The second kappa shape index (κ2) is 7.15. The molecule has 0 radical (unpaired) electrons. The lowest BCUT2D eigenvalue weighted by atomic mass is 9.77. The first kappa shape index (κ1) is 20.2. The molecule has 2 atom stereocenters. The molecule has 164 valence electrons. The Bertz CT molecular complexity index is 1050. The van der Waals surface area contributed by atoms with Crippen LogP contribution in [0.2, 0.25) is 0 Å². The van der Waals surface area contributed by atoms with Crippen LogP contribution in [0, 0.1) is 5.41 Å². The lowest BCUT2D eigenvalue weighted by molar-refractivity contribution is -0.120. The van der Waals surface area contributed by atoms with Gasteiger partial charge in [-0.05, 0) is 59.6 Å². The largest absolute Gasteiger partial charge is 0.454 e. The maximum atomic E-state index is 13.4. The zero-order valence-electron chi connectivity index (χ0n) is 18.7. The summed E-state index contributed by atoms with van der Waals surface area (Å²) in [6, 6.07) is 12.8. The van der Waals surface area contributed by atoms with E-state index in [0.717, 1.165) is 41.9 Å². The van der Waals surface area contributed by atoms with E-state index >= 15 is 0 Å². The van der Waals surface area contributed by atoms with Crippen molar-refractivity contribution in [2.45, 2.75) is 63.8 Å². The number of Topliss-reactive ketones (excluding diaryl/α,β-unsaturated/α-hetero) is 1. The van der Waals surface area contributed by atoms with Gasteiger partial charge in [0.15, 0.2) is 11.5 Å². The molecular formula is C27H33NO3. The van der Waals surface area contributed by atoms with Gasteiger partial charge >= 0.3 is 0 Å². The van der Waals surface area contributed by atoms with Crippen LogP contribution in [0.25, 0.3) is 0 Å². The van der Waals surface area contributed by atoms with Gasteiger partial charge in [0.1, 0.15) is 5.78 Å². The third-order valence-electron chi connectivity index (χ3n) is 7.16. The minimum atomic E-state index is -0.368. The Morgan fingerprint density at radius 2 is 1.97 bits per heavy atom. The molecular weight excluding hydrogens is 386 g/mol. The van der Waals surface area contributed by atoms with Crippen molar-refractivity contribution < 1.29 is 15.7 Å². The van der Waals surface area contributed by atoms with Gasteiger partial charge in [-0.25, -0.2) is 0 Å². The fourth-order valence-electron chi connectivity index (χ4n) is 5.27. The number of rotatable bonds is 6. The van der Waals surface area contributed by atoms with Crippen molar-refractivity contribution in [3.05, 3.63) is 65.7 Å². The molecule has 4 nitrogen and oxygen atoms in total. The van der Waals surface area contributed by atoms with E-state index in [4.69, 9.17) is 9.47 Å². The van der Waals surface area contributed by atoms with Crippen molar-refractivity contribution in [2.75, 3.05) is 12.1 Å². The molecule has 2 unspecified atom stereocenters. The number of anilines is 1. The standard InChI is InChI=1S/C27H31NO3.H2/c1-5-6-19-20-13-17(7-9-21(20)28-25(19)26(2,3)4)14-24(29)27(11-12-27)18-8-10-22-23(15-18)31-16-30-22;/h5,7-10,13,15,19,25,28H,1,6,11-12,14,16H2,2-4H3;1H. The normalized spacial score (nSPS) is 22.5. The molecule has 31 heavy (non-hydrogen) atoms. The van der Waals surface area contributed by atoms with Gasteiger partial charge in [0.05, 0.1) is 5.41 Å². The van der Waals surface area contributed by atoms with E-state index in [9.17, 15) is 4.79 Å². The molecule has 2 aromatic rings. The zero-order chi connectivity index (χ0) is 21.8. The first-order valence-corrected chi connectivity index (χ1v) is 11.3. The van der Waals surface area contributed by atoms with Gasteiger partial charge < -0.3 is 14.8 Å². The summed E-state index contributed by atoms with van der Waals surface area (Å²) in [7, 11) is 0. The maximum absolute atomic E-state index is 13.4. The second-order valence-electron chi connectivity index (χ2n) is 10.3. The number of allylic oxidation sites excluding steroid dienone is 1. The first-order valence-electron chi connectivity index (χ1n) is 11.3. The fourth-order valence-corrected chi connectivity index (χ4v) is 5.27. The van der Waals surface area contributed by atoms with Crippen molar-refractivity contribution in [3.63, 3.8) is 0 Å². The van der Waals surface area contributed by atoms with Crippen molar-refractivity contribution in [3.8, 4) is 11.5 Å². The highest BCUT2D eigenvalue weighted by molar-refractivity contribution is 5.95. The van der Waals surface area contributed by atoms with Gasteiger partial charge in [0, 0.05) is 25.5 Å². The molecule has 0 bridgehead atoms. The summed E-state index contributed by atoms with van der Waals surface area (Å²) < 4.78 is 11.0. The summed E-state index contributed by atoms with van der Waals surface area (Å²) in [4.78, 5) is 13.4. The number of carbonyl (C=O) groups excluding carboxylic acids is 1. The Balaban J connectivity index is 0.00000245. The SMILES string of the molecule is C=CCC1c2cc(CC(=O)C3(c4ccc5c(c4)OCO5)CC3)ccc2NC1C(C)(C)C.[HH]. The van der Waals surface area contributed by atoms with E-state index in [-0.39, 0.29) is 19.0 Å². The number of hydrogen-bond donors (Lipinski definition) is 1. The predicted octanol–water partition coefficient (Wildman–Crippen LogP) is 6.00. The van der Waals surface area contributed by atoms with Gasteiger partial charge in [0.2, 0.25) is 6.79 Å². The van der Waals surface area contributed by atoms with E-state index in [2.05, 4.69) is 50.9 Å². The van der Waals surface area contributed by atoms with Crippen LogP contribution in [-0.4, -0.2) is 18.6 Å². The Morgan fingerprint density at radius 1 is 1.19 bits per heavy atom. The van der Waals surface area contributed by atoms with Crippen LogP contribution >= 0.6 is 0 Å². The molecule has 0 amide bonds. The lowest BCUT2D eigenvalue weighted by Crippen LogP contribution is -2.34. The van der Waals surface area contributed by atoms with E-state index in [1.54, 1.807) is 0 Å². The molecule has 4 heteroatoms. The summed E-state index contributed by atoms with van der Waals surface area (Å²) in [5, 5.41) is 3.72. The Hall–Kier alpha value is -2.75. The number of benzene rings is 2. The highest BCUT2D eigenvalue weighted by Gasteiger charge is 2.51. The van der Waals surface area contributed by atoms with Gasteiger partial charge in [-0.3, -0.25) is 4.79 Å². The van der Waals surface area contributed by atoms with Gasteiger partial charge in [-0.15, -0.1) is 6.58 Å². The maximum Gasteiger partial charge on any atom is 0.231 e. The van der Waals surface area contributed by atoms with Crippen molar-refractivity contribution in [2.24, 2.45) is 5.41 Å². The van der Waals surface area contributed by atoms with E-state index in [0.29, 0.717) is 24.2 Å². The minimum Gasteiger partial charge on any atom is -0.454 e. The number of fused-ring (bicyclic) bond motifs is 2. The van der Waals surface area contributed by atoms with Crippen molar-refractivity contribution in [1.29, 1.82) is 0 Å². The Kier molecular flexibility index (Phi) is 4.65. The molecule has 1 saturated carbocycles. The van der Waals surface area contributed by atoms with Crippen LogP contribution in [0.1, 0.15) is 64.1 Å². The van der Waals surface area contributed by atoms with E-state index in [1.807, 2.05) is 24.3 Å². The molecule has 0 saturated heterocycles. The Morgan fingerprint density at radius 3 is 2.68 bits per heavy atom. The summed E-state index contributed by atoms with van der Waals surface area (Å²) in [5.41, 5.74) is 4.44. The molecule has 0 aromatic heterocycles. The van der Waals surface area contributed by atoms with Crippen LogP contribution in [0.4, 0.5) is 5.69 Å². The summed E-state index contributed by atoms with van der Waals surface area (Å²) in [6.45, 7) is 11.1. The molecule has 1 fully saturated rings. The predicted molar refractivity (Wildman–Crippen MR) is 125 cm³/mol. The highest BCUT2D eigenvalue weighted by Crippen LogP contribution is 2.52. The topological polar surface area (TPSA) is 47.6 Å². The van der Waals surface area contributed by atoms with Gasteiger partial charge in [-0.2, -0.15) is 0 Å². The smallest absolute Gasteiger partial charge is 0.231 e.